The van der Waals surface area contributed by atoms with E-state index in [4.69, 9.17) is 32.7 Å². The van der Waals surface area contributed by atoms with Crippen LogP contribution in [0, 0.1) is 0 Å². The number of ether oxygens (including phenoxy) is 2. The third kappa shape index (κ3) is 5.90. The number of methoxy groups -OCH3 is 1. The minimum atomic E-state index is -0.404. The SMILES string of the molecule is CCOc1cc(C=CC(=O)Nc2cc(Cl)ccc2NC(C)=O)cc(Cl)c1OC. The first-order chi connectivity index (χ1) is 13.3. The number of halogens is 2. The van der Waals surface area contributed by atoms with Gasteiger partial charge in [-0.3, -0.25) is 9.59 Å². The molecular weight excluding hydrogens is 403 g/mol. The second-order valence-electron chi connectivity index (χ2n) is 5.66. The Kier molecular flexibility index (Phi) is 7.72. The van der Waals surface area contributed by atoms with Gasteiger partial charge in [0, 0.05) is 18.0 Å². The van der Waals surface area contributed by atoms with Crippen LogP contribution in [-0.4, -0.2) is 25.5 Å². The van der Waals surface area contributed by atoms with Gasteiger partial charge >= 0.3 is 0 Å². The summed E-state index contributed by atoms with van der Waals surface area (Å²) >= 11 is 12.2. The highest BCUT2D eigenvalue weighted by atomic mass is 35.5. The van der Waals surface area contributed by atoms with E-state index < -0.39 is 5.91 Å². The predicted molar refractivity (Wildman–Crippen MR) is 113 cm³/mol. The molecule has 0 fully saturated rings. The van der Waals surface area contributed by atoms with Gasteiger partial charge in [-0.05, 0) is 48.9 Å². The molecule has 0 radical (unpaired) electrons. The summed E-state index contributed by atoms with van der Waals surface area (Å²) in [7, 11) is 1.50. The molecule has 148 valence electrons. The van der Waals surface area contributed by atoms with E-state index >= 15 is 0 Å². The molecule has 0 aliphatic heterocycles. The van der Waals surface area contributed by atoms with E-state index in [9.17, 15) is 9.59 Å². The zero-order valence-electron chi connectivity index (χ0n) is 15.6. The van der Waals surface area contributed by atoms with E-state index in [0.29, 0.717) is 45.1 Å². The van der Waals surface area contributed by atoms with Crippen molar-refractivity contribution in [1.82, 2.24) is 0 Å². The van der Waals surface area contributed by atoms with Crippen LogP contribution in [0.1, 0.15) is 19.4 Å². The number of rotatable bonds is 7. The van der Waals surface area contributed by atoms with Gasteiger partial charge in [0.05, 0.1) is 30.1 Å². The van der Waals surface area contributed by atoms with Crippen LogP contribution >= 0.6 is 23.2 Å². The van der Waals surface area contributed by atoms with Crippen molar-refractivity contribution < 1.29 is 19.1 Å². The van der Waals surface area contributed by atoms with Gasteiger partial charge < -0.3 is 20.1 Å². The molecule has 2 aromatic rings. The number of anilines is 2. The number of hydrogen-bond acceptors (Lipinski definition) is 4. The maximum Gasteiger partial charge on any atom is 0.248 e. The van der Waals surface area contributed by atoms with E-state index in [1.165, 1.54) is 20.1 Å². The molecule has 2 rings (SSSR count). The minimum Gasteiger partial charge on any atom is -0.491 e. The van der Waals surface area contributed by atoms with Gasteiger partial charge in [-0.1, -0.05) is 23.2 Å². The lowest BCUT2D eigenvalue weighted by atomic mass is 10.2. The second kappa shape index (κ2) is 10.0. The zero-order chi connectivity index (χ0) is 20.7. The standard InChI is InChI=1S/C20H20Cl2N2O4/c1-4-28-18-10-13(9-15(22)20(18)27-3)5-8-19(26)24-17-11-14(21)6-7-16(17)23-12(2)25/h5-11H,4H2,1-3H3,(H,23,25)(H,24,26). The quantitative estimate of drug-likeness (QED) is 0.614. The summed E-state index contributed by atoms with van der Waals surface area (Å²) in [5, 5.41) is 6.13. The molecule has 0 aliphatic rings. The maximum atomic E-state index is 12.3. The molecule has 0 aromatic heterocycles. The van der Waals surface area contributed by atoms with Gasteiger partial charge in [0.15, 0.2) is 11.5 Å². The van der Waals surface area contributed by atoms with E-state index in [1.54, 1.807) is 36.4 Å². The molecule has 0 heterocycles. The molecule has 0 spiro atoms. The highest BCUT2D eigenvalue weighted by molar-refractivity contribution is 6.32. The third-order valence-electron chi connectivity index (χ3n) is 3.51. The lowest BCUT2D eigenvalue weighted by Crippen LogP contribution is -2.13. The molecule has 2 N–H and O–H groups in total. The van der Waals surface area contributed by atoms with Gasteiger partial charge in [0.1, 0.15) is 0 Å². The fraction of sp³-hybridized carbons (Fsp3) is 0.200. The summed E-state index contributed by atoms with van der Waals surface area (Å²) in [5.74, 6) is 0.257. The molecule has 8 heteroatoms. The van der Waals surface area contributed by atoms with Gasteiger partial charge in [-0.2, -0.15) is 0 Å². The normalized spacial score (nSPS) is 10.6. The Morgan fingerprint density at radius 1 is 1.11 bits per heavy atom. The van der Waals surface area contributed by atoms with E-state index in [-0.39, 0.29) is 5.91 Å². The number of benzene rings is 2. The monoisotopic (exact) mass is 422 g/mol. The molecule has 0 saturated heterocycles. The maximum absolute atomic E-state index is 12.3. The van der Waals surface area contributed by atoms with Crippen LogP contribution in [0.15, 0.2) is 36.4 Å². The topological polar surface area (TPSA) is 76.7 Å². The van der Waals surface area contributed by atoms with Crippen LogP contribution in [-0.2, 0) is 9.59 Å². The second-order valence-corrected chi connectivity index (χ2v) is 6.50. The summed E-state index contributed by atoms with van der Waals surface area (Å²) < 4.78 is 10.8. The fourth-order valence-electron chi connectivity index (χ4n) is 2.41. The molecular formula is C20H20Cl2N2O4. The van der Waals surface area contributed by atoms with E-state index in [2.05, 4.69) is 10.6 Å². The summed E-state index contributed by atoms with van der Waals surface area (Å²) in [6, 6.07) is 8.17. The Labute approximate surface area is 173 Å². The van der Waals surface area contributed by atoms with Crippen molar-refractivity contribution in [2.75, 3.05) is 24.4 Å². The van der Waals surface area contributed by atoms with Crippen LogP contribution < -0.4 is 20.1 Å². The van der Waals surface area contributed by atoms with Crippen LogP contribution in [0.3, 0.4) is 0 Å². The van der Waals surface area contributed by atoms with Crippen LogP contribution in [0.2, 0.25) is 10.0 Å². The van der Waals surface area contributed by atoms with Crippen molar-refractivity contribution in [3.8, 4) is 11.5 Å². The smallest absolute Gasteiger partial charge is 0.248 e. The number of nitrogens with one attached hydrogen (secondary N) is 2. The first-order valence-corrected chi connectivity index (χ1v) is 9.16. The Hall–Kier alpha value is -2.70. The number of hydrogen-bond donors (Lipinski definition) is 2. The highest BCUT2D eigenvalue weighted by Gasteiger charge is 2.11. The van der Waals surface area contributed by atoms with Crippen LogP contribution in [0.25, 0.3) is 6.08 Å². The third-order valence-corrected chi connectivity index (χ3v) is 4.03. The largest absolute Gasteiger partial charge is 0.491 e. The fourth-order valence-corrected chi connectivity index (χ4v) is 2.88. The van der Waals surface area contributed by atoms with Crippen molar-refractivity contribution in [3.63, 3.8) is 0 Å². The first kappa shape index (κ1) is 21.6. The average molecular weight is 423 g/mol. The summed E-state index contributed by atoms with van der Waals surface area (Å²) in [4.78, 5) is 23.6. The molecule has 0 unspecified atom stereocenters. The van der Waals surface area contributed by atoms with Crippen molar-refractivity contribution in [1.29, 1.82) is 0 Å². The van der Waals surface area contributed by atoms with Crippen molar-refractivity contribution in [3.05, 3.63) is 52.0 Å². The summed E-state index contributed by atoms with van der Waals surface area (Å²) in [5.41, 5.74) is 1.50. The predicted octanol–water partition coefficient (Wildman–Crippen LogP) is 5.01. The van der Waals surface area contributed by atoms with Gasteiger partial charge in [0.25, 0.3) is 0 Å². The molecule has 6 nitrogen and oxygen atoms in total. The summed E-state index contributed by atoms with van der Waals surface area (Å²) in [6.45, 7) is 3.67. The Morgan fingerprint density at radius 3 is 2.50 bits per heavy atom. The van der Waals surface area contributed by atoms with Gasteiger partial charge in [0.2, 0.25) is 11.8 Å². The lowest BCUT2D eigenvalue weighted by molar-refractivity contribution is -0.114. The van der Waals surface area contributed by atoms with Crippen molar-refractivity contribution >= 4 is 52.5 Å². The molecule has 0 bridgehead atoms. The Bertz CT molecular complexity index is 913. The first-order valence-electron chi connectivity index (χ1n) is 8.40. The molecule has 2 amide bonds. The van der Waals surface area contributed by atoms with Gasteiger partial charge in [-0.25, -0.2) is 0 Å². The molecule has 0 atom stereocenters. The van der Waals surface area contributed by atoms with Crippen molar-refractivity contribution in [2.24, 2.45) is 0 Å². The average Bonchev–Trinajstić information content (AvgIpc) is 2.62. The lowest BCUT2D eigenvalue weighted by Gasteiger charge is -2.12. The zero-order valence-corrected chi connectivity index (χ0v) is 17.1. The molecule has 28 heavy (non-hydrogen) atoms. The number of carbonyl (C=O) groups excluding carboxylic acids is 2. The highest BCUT2D eigenvalue weighted by Crippen LogP contribution is 2.36. The molecule has 0 saturated carbocycles. The minimum absolute atomic E-state index is 0.260. The molecule has 2 aromatic carbocycles. The summed E-state index contributed by atoms with van der Waals surface area (Å²) in [6.07, 6.45) is 2.93. The van der Waals surface area contributed by atoms with Crippen molar-refractivity contribution in [2.45, 2.75) is 13.8 Å². The van der Waals surface area contributed by atoms with Gasteiger partial charge in [-0.15, -0.1) is 0 Å². The number of amides is 2. The Balaban J connectivity index is 2.21. The van der Waals surface area contributed by atoms with E-state index in [1.807, 2.05) is 6.92 Å². The van der Waals surface area contributed by atoms with Crippen LogP contribution in [0.5, 0.6) is 11.5 Å². The Morgan fingerprint density at radius 2 is 1.86 bits per heavy atom. The van der Waals surface area contributed by atoms with Crippen LogP contribution in [0.4, 0.5) is 11.4 Å². The molecule has 0 aliphatic carbocycles. The number of carbonyl (C=O) groups is 2. The van der Waals surface area contributed by atoms with E-state index in [0.717, 1.165) is 0 Å².